The Bertz CT molecular complexity index is 1140. The van der Waals surface area contributed by atoms with Crippen molar-refractivity contribution in [2.45, 2.75) is 18.9 Å². The number of nitrogens with zero attached hydrogens (tertiary/aromatic N) is 1. The average molecular weight is 459 g/mol. The van der Waals surface area contributed by atoms with Crippen molar-refractivity contribution in [2.24, 2.45) is 0 Å². The van der Waals surface area contributed by atoms with E-state index in [1.807, 2.05) is 12.1 Å². The van der Waals surface area contributed by atoms with Gasteiger partial charge in [-0.15, -0.1) is 0 Å². The summed E-state index contributed by atoms with van der Waals surface area (Å²) in [5, 5.41) is 7.04. The Morgan fingerprint density at radius 3 is 2.97 bits per heavy atom. The van der Waals surface area contributed by atoms with E-state index < -0.39 is 0 Å². The number of aromatic amines is 1. The van der Waals surface area contributed by atoms with Gasteiger partial charge in [-0.05, 0) is 18.2 Å². The summed E-state index contributed by atoms with van der Waals surface area (Å²) >= 11 is 12.6. The number of aromatic nitrogens is 2. The Kier molecular flexibility index (Phi) is 5.48. The van der Waals surface area contributed by atoms with Gasteiger partial charge in [-0.1, -0.05) is 29.3 Å². The van der Waals surface area contributed by atoms with Crippen molar-refractivity contribution in [2.75, 3.05) is 25.1 Å². The standard InChI is InChI=1S/C22H20Cl2N4O3/c23-14-2-1-3-16(19(14)24)28-21-18-15(5-8-26-22(18)29)27-20(21)13-4-7-25-10-17(13)31-11-12-6-9-30-12/h1-4,7,10,12,27-28H,5-6,8-9,11H2,(H,26,29)/t12-/m0/s1. The van der Waals surface area contributed by atoms with Crippen molar-refractivity contribution in [1.29, 1.82) is 0 Å². The van der Waals surface area contributed by atoms with Crippen LogP contribution in [0.4, 0.5) is 11.4 Å². The first kappa shape index (κ1) is 20.2. The van der Waals surface area contributed by atoms with Crippen LogP contribution in [0, 0.1) is 0 Å². The van der Waals surface area contributed by atoms with E-state index >= 15 is 0 Å². The number of nitrogens with one attached hydrogen (secondary N) is 3. The maximum absolute atomic E-state index is 12.7. The molecule has 0 unspecified atom stereocenters. The molecule has 1 amide bonds. The zero-order chi connectivity index (χ0) is 21.4. The van der Waals surface area contributed by atoms with Crippen molar-refractivity contribution in [1.82, 2.24) is 15.3 Å². The number of pyridine rings is 1. The van der Waals surface area contributed by atoms with Crippen LogP contribution in [0.2, 0.25) is 10.0 Å². The largest absolute Gasteiger partial charge is 0.489 e. The van der Waals surface area contributed by atoms with E-state index in [-0.39, 0.29) is 12.0 Å². The SMILES string of the molecule is O=C1NCCc2[nH]c(-c3ccncc3OC[C@@H]3CCO3)c(Nc3cccc(Cl)c3Cl)c21. The first-order valence-electron chi connectivity index (χ1n) is 10.0. The second-order valence-corrected chi connectivity index (χ2v) is 8.21. The number of ether oxygens (including phenoxy) is 2. The summed E-state index contributed by atoms with van der Waals surface area (Å²) in [6.07, 6.45) is 5.13. The van der Waals surface area contributed by atoms with Crippen LogP contribution in [0.5, 0.6) is 5.75 Å². The van der Waals surface area contributed by atoms with Crippen molar-refractivity contribution in [3.63, 3.8) is 0 Å². The van der Waals surface area contributed by atoms with Crippen LogP contribution in [0.25, 0.3) is 11.3 Å². The minimum atomic E-state index is -0.149. The molecule has 2 aliphatic rings. The number of hydrogen-bond donors (Lipinski definition) is 3. The Morgan fingerprint density at radius 1 is 1.29 bits per heavy atom. The first-order valence-corrected chi connectivity index (χ1v) is 10.8. The molecule has 3 aromatic rings. The molecule has 3 N–H and O–H groups in total. The second kappa shape index (κ2) is 8.42. The van der Waals surface area contributed by atoms with Gasteiger partial charge in [-0.25, -0.2) is 0 Å². The normalized spacial score (nSPS) is 17.5. The molecule has 1 fully saturated rings. The van der Waals surface area contributed by atoms with Crippen LogP contribution >= 0.6 is 23.2 Å². The number of carbonyl (C=O) groups is 1. The molecule has 9 heteroatoms. The summed E-state index contributed by atoms with van der Waals surface area (Å²) in [4.78, 5) is 20.4. The van der Waals surface area contributed by atoms with Gasteiger partial charge in [-0.2, -0.15) is 0 Å². The van der Waals surface area contributed by atoms with E-state index in [1.165, 1.54) is 0 Å². The molecular formula is C22H20Cl2N4O3. The fraction of sp³-hybridized carbons (Fsp3) is 0.273. The molecule has 0 spiro atoms. The lowest BCUT2D eigenvalue weighted by Gasteiger charge is -2.26. The highest BCUT2D eigenvalue weighted by Gasteiger charge is 2.29. The van der Waals surface area contributed by atoms with E-state index in [4.69, 9.17) is 32.7 Å². The Balaban J connectivity index is 1.59. The quantitative estimate of drug-likeness (QED) is 0.502. The number of benzene rings is 1. The van der Waals surface area contributed by atoms with Crippen LogP contribution in [-0.2, 0) is 11.2 Å². The molecule has 0 aliphatic carbocycles. The van der Waals surface area contributed by atoms with E-state index in [0.717, 1.165) is 30.0 Å². The van der Waals surface area contributed by atoms with Gasteiger partial charge in [0.15, 0.2) is 0 Å². The van der Waals surface area contributed by atoms with Gasteiger partial charge in [0.2, 0.25) is 0 Å². The summed E-state index contributed by atoms with van der Waals surface area (Å²) in [5.74, 6) is 0.459. The molecule has 4 heterocycles. The summed E-state index contributed by atoms with van der Waals surface area (Å²) in [5.41, 5.74) is 4.15. The number of rotatable bonds is 6. The molecular weight excluding hydrogens is 439 g/mol. The molecule has 0 radical (unpaired) electrons. The average Bonchev–Trinajstić information content (AvgIpc) is 3.10. The van der Waals surface area contributed by atoms with Crippen LogP contribution in [0.3, 0.4) is 0 Å². The molecule has 160 valence electrons. The van der Waals surface area contributed by atoms with Crippen molar-refractivity contribution in [3.8, 4) is 17.0 Å². The molecule has 1 atom stereocenters. The zero-order valence-electron chi connectivity index (χ0n) is 16.5. The lowest BCUT2D eigenvalue weighted by Crippen LogP contribution is -2.32. The Labute approximate surface area is 189 Å². The predicted octanol–water partition coefficient (Wildman–Crippen LogP) is 4.58. The van der Waals surface area contributed by atoms with Crippen molar-refractivity contribution < 1.29 is 14.3 Å². The minimum absolute atomic E-state index is 0.0959. The lowest BCUT2D eigenvalue weighted by atomic mass is 10.0. The fourth-order valence-corrected chi connectivity index (χ4v) is 4.09. The van der Waals surface area contributed by atoms with Crippen LogP contribution in [-0.4, -0.2) is 41.7 Å². The van der Waals surface area contributed by atoms with Crippen LogP contribution < -0.4 is 15.4 Å². The van der Waals surface area contributed by atoms with Crippen LogP contribution in [0.1, 0.15) is 22.5 Å². The number of H-pyrrole nitrogens is 1. The minimum Gasteiger partial charge on any atom is -0.489 e. The summed E-state index contributed by atoms with van der Waals surface area (Å²) in [7, 11) is 0. The van der Waals surface area contributed by atoms with Gasteiger partial charge in [0, 0.05) is 43.4 Å². The van der Waals surface area contributed by atoms with E-state index in [1.54, 1.807) is 24.5 Å². The number of anilines is 2. The van der Waals surface area contributed by atoms with Gasteiger partial charge in [0.1, 0.15) is 12.4 Å². The lowest BCUT2D eigenvalue weighted by molar-refractivity contribution is -0.0720. The molecule has 2 aliphatic heterocycles. The van der Waals surface area contributed by atoms with Gasteiger partial charge in [-0.3, -0.25) is 9.78 Å². The highest BCUT2D eigenvalue weighted by atomic mass is 35.5. The number of halogens is 2. The van der Waals surface area contributed by atoms with E-state index in [0.29, 0.717) is 52.3 Å². The monoisotopic (exact) mass is 458 g/mol. The molecule has 0 bridgehead atoms. The van der Waals surface area contributed by atoms with Crippen molar-refractivity contribution >= 4 is 40.5 Å². The molecule has 31 heavy (non-hydrogen) atoms. The third-order valence-electron chi connectivity index (χ3n) is 5.45. The molecule has 5 rings (SSSR count). The number of amides is 1. The molecule has 0 saturated carbocycles. The summed E-state index contributed by atoms with van der Waals surface area (Å²) < 4.78 is 11.5. The summed E-state index contributed by atoms with van der Waals surface area (Å²) in [6, 6.07) is 7.19. The maximum Gasteiger partial charge on any atom is 0.255 e. The van der Waals surface area contributed by atoms with Gasteiger partial charge < -0.3 is 25.1 Å². The summed E-state index contributed by atoms with van der Waals surface area (Å²) in [6.45, 7) is 1.78. The topological polar surface area (TPSA) is 88.3 Å². The van der Waals surface area contributed by atoms with E-state index in [2.05, 4.69) is 20.6 Å². The first-order chi connectivity index (χ1) is 15.1. The van der Waals surface area contributed by atoms with E-state index in [9.17, 15) is 4.79 Å². The van der Waals surface area contributed by atoms with Crippen molar-refractivity contribution in [3.05, 3.63) is 58.0 Å². The van der Waals surface area contributed by atoms with Gasteiger partial charge in [0.25, 0.3) is 5.91 Å². The molecule has 2 aromatic heterocycles. The Morgan fingerprint density at radius 2 is 2.16 bits per heavy atom. The molecule has 1 saturated heterocycles. The highest BCUT2D eigenvalue weighted by Crippen LogP contribution is 2.42. The molecule has 1 aromatic carbocycles. The van der Waals surface area contributed by atoms with Gasteiger partial charge >= 0.3 is 0 Å². The Hall–Kier alpha value is -2.74. The second-order valence-electron chi connectivity index (χ2n) is 7.43. The third-order valence-corrected chi connectivity index (χ3v) is 6.27. The number of hydrogen-bond acceptors (Lipinski definition) is 5. The van der Waals surface area contributed by atoms with Crippen LogP contribution in [0.15, 0.2) is 36.7 Å². The fourth-order valence-electron chi connectivity index (χ4n) is 3.74. The maximum atomic E-state index is 12.7. The number of carbonyl (C=O) groups excluding carboxylic acids is 1. The predicted molar refractivity (Wildman–Crippen MR) is 120 cm³/mol. The third kappa shape index (κ3) is 3.84. The zero-order valence-corrected chi connectivity index (χ0v) is 18.0. The van der Waals surface area contributed by atoms with Gasteiger partial charge in [0.05, 0.1) is 45.0 Å². The molecule has 7 nitrogen and oxygen atoms in total. The smallest absolute Gasteiger partial charge is 0.255 e. The number of fused-ring (bicyclic) bond motifs is 1. The highest BCUT2D eigenvalue weighted by molar-refractivity contribution is 6.43.